The number of carbonyl (C=O) groups is 1. The Kier molecular flexibility index (Phi) is 3.69. The molecular formula is C13H17F3N2O. The Morgan fingerprint density at radius 3 is 2.16 bits per heavy atom. The van der Waals surface area contributed by atoms with Gasteiger partial charge in [-0.2, -0.15) is 18.3 Å². The van der Waals surface area contributed by atoms with Crippen LogP contribution in [0.25, 0.3) is 0 Å². The lowest BCUT2D eigenvalue weighted by atomic mass is 10.2. The van der Waals surface area contributed by atoms with E-state index in [9.17, 15) is 18.0 Å². The number of aromatic nitrogens is 2. The van der Waals surface area contributed by atoms with Gasteiger partial charge in [-0.3, -0.25) is 9.48 Å². The average molecular weight is 274 g/mol. The molecule has 106 valence electrons. The molecule has 0 saturated heterocycles. The van der Waals surface area contributed by atoms with E-state index >= 15 is 0 Å². The standard InChI is InChI=1S/C7H9F3N2.C6H8O/c1-5(2)12-4-3-6(11-12)7(8,9)10;7-6-2-4-1-5(4)3-6/h3-5H,1-2H3;4-5H,1-3H2. The maximum atomic E-state index is 12.0. The fourth-order valence-electron chi connectivity index (χ4n) is 2.26. The van der Waals surface area contributed by atoms with Gasteiger partial charge in [0.1, 0.15) is 5.78 Å². The monoisotopic (exact) mass is 274 g/mol. The number of hydrogen-bond acceptors (Lipinski definition) is 2. The van der Waals surface area contributed by atoms with Crippen LogP contribution in [0, 0.1) is 11.8 Å². The van der Waals surface area contributed by atoms with Gasteiger partial charge in [-0.05, 0) is 38.2 Å². The number of nitrogens with zero attached hydrogens (tertiary/aromatic N) is 2. The summed E-state index contributed by atoms with van der Waals surface area (Å²) in [5, 5.41) is 3.37. The maximum Gasteiger partial charge on any atom is 0.435 e. The second kappa shape index (κ2) is 4.98. The van der Waals surface area contributed by atoms with Crippen LogP contribution in [-0.2, 0) is 11.0 Å². The van der Waals surface area contributed by atoms with Crippen LogP contribution in [0.15, 0.2) is 12.3 Å². The molecule has 1 aromatic heterocycles. The summed E-state index contributed by atoms with van der Waals surface area (Å²) in [6.07, 6.45) is 0.161. The fraction of sp³-hybridized carbons (Fsp3) is 0.692. The number of carbonyl (C=O) groups excluding carboxylic acids is 1. The van der Waals surface area contributed by atoms with E-state index in [1.54, 1.807) is 13.8 Å². The third kappa shape index (κ3) is 3.58. The molecule has 0 aliphatic heterocycles. The van der Waals surface area contributed by atoms with E-state index in [1.807, 2.05) is 0 Å². The Morgan fingerprint density at radius 1 is 1.32 bits per heavy atom. The first-order valence-corrected chi connectivity index (χ1v) is 6.41. The molecule has 0 spiro atoms. The van der Waals surface area contributed by atoms with Crippen molar-refractivity contribution in [1.82, 2.24) is 9.78 Å². The van der Waals surface area contributed by atoms with E-state index < -0.39 is 11.9 Å². The van der Waals surface area contributed by atoms with Gasteiger partial charge in [0.2, 0.25) is 0 Å². The van der Waals surface area contributed by atoms with E-state index in [1.165, 1.54) is 17.3 Å². The highest BCUT2D eigenvalue weighted by atomic mass is 19.4. The average Bonchev–Trinajstić information content (AvgIpc) is 2.77. The van der Waals surface area contributed by atoms with Gasteiger partial charge in [0.25, 0.3) is 0 Å². The molecule has 0 bridgehead atoms. The Morgan fingerprint density at radius 2 is 1.89 bits per heavy atom. The van der Waals surface area contributed by atoms with Gasteiger partial charge in [-0.1, -0.05) is 0 Å². The van der Waals surface area contributed by atoms with Crippen LogP contribution in [0.4, 0.5) is 13.2 Å². The van der Waals surface area contributed by atoms with E-state index in [0.717, 1.165) is 30.7 Å². The minimum atomic E-state index is -4.33. The molecule has 0 radical (unpaired) electrons. The van der Waals surface area contributed by atoms with Crippen molar-refractivity contribution in [3.05, 3.63) is 18.0 Å². The highest BCUT2D eigenvalue weighted by Crippen LogP contribution is 2.49. The zero-order valence-electron chi connectivity index (χ0n) is 10.9. The van der Waals surface area contributed by atoms with Crippen molar-refractivity contribution in [2.75, 3.05) is 0 Å². The van der Waals surface area contributed by atoms with Gasteiger partial charge in [0, 0.05) is 25.1 Å². The molecule has 2 aliphatic rings. The van der Waals surface area contributed by atoms with Crippen LogP contribution in [0.1, 0.15) is 44.8 Å². The first-order chi connectivity index (χ1) is 8.77. The van der Waals surface area contributed by atoms with Gasteiger partial charge < -0.3 is 0 Å². The Hall–Kier alpha value is -1.33. The maximum absolute atomic E-state index is 12.0. The molecule has 2 atom stereocenters. The quantitative estimate of drug-likeness (QED) is 0.786. The van der Waals surface area contributed by atoms with Crippen LogP contribution in [-0.4, -0.2) is 15.6 Å². The molecule has 1 aromatic rings. The van der Waals surface area contributed by atoms with Crippen molar-refractivity contribution < 1.29 is 18.0 Å². The largest absolute Gasteiger partial charge is 0.435 e. The molecule has 3 rings (SSSR count). The summed E-state index contributed by atoms with van der Waals surface area (Å²) in [4.78, 5) is 10.5. The van der Waals surface area contributed by atoms with Gasteiger partial charge in [-0.25, -0.2) is 0 Å². The van der Waals surface area contributed by atoms with Crippen molar-refractivity contribution in [2.45, 2.75) is 45.3 Å². The number of ketones is 1. The Labute approximate surface area is 109 Å². The topological polar surface area (TPSA) is 34.9 Å². The lowest BCUT2D eigenvalue weighted by molar-refractivity contribution is -0.141. The second-order valence-corrected chi connectivity index (χ2v) is 5.48. The second-order valence-electron chi connectivity index (χ2n) is 5.48. The minimum absolute atomic E-state index is 0.0406. The molecule has 1 heterocycles. The van der Waals surface area contributed by atoms with Crippen LogP contribution in [0.3, 0.4) is 0 Å². The summed E-state index contributed by atoms with van der Waals surface area (Å²) in [5.41, 5.74) is -0.837. The zero-order chi connectivity index (χ0) is 14.2. The third-order valence-corrected chi connectivity index (χ3v) is 3.48. The molecule has 6 heteroatoms. The number of hydrogen-bond donors (Lipinski definition) is 0. The van der Waals surface area contributed by atoms with Crippen molar-refractivity contribution in [1.29, 1.82) is 0 Å². The molecule has 2 aliphatic carbocycles. The molecule has 0 aromatic carbocycles. The zero-order valence-corrected chi connectivity index (χ0v) is 10.9. The predicted octanol–water partition coefficient (Wildman–Crippen LogP) is 3.47. The molecule has 2 fully saturated rings. The lowest BCUT2D eigenvalue weighted by Crippen LogP contribution is -2.08. The van der Waals surface area contributed by atoms with Gasteiger partial charge >= 0.3 is 6.18 Å². The van der Waals surface area contributed by atoms with Crippen LogP contribution in [0.5, 0.6) is 0 Å². The van der Waals surface area contributed by atoms with Crippen LogP contribution < -0.4 is 0 Å². The Balaban J connectivity index is 0.000000159. The fourth-order valence-corrected chi connectivity index (χ4v) is 2.26. The third-order valence-electron chi connectivity index (χ3n) is 3.48. The summed E-state index contributed by atoms with van der Waals surface area (Å²) in [6.45, 7) is 3.54. The SMILES string of the molecule is CC(C)n1ccc(C(F)(F)F)n1.O=C1CC2CC2C1. The minimum Gasteiger partial charge on any atom is -0.300 e. The molecule has 0 N–H and O–H groups in total. The van der Waals surface area contributed by atoms with E-state index in [-0.39, 0.29) is 6.04 Å². The highest BCUT2D eigenvalue weighted by Gasteiger charge is 2.45. The predicted molar refractivity (Wildman–Crippen MR) is 63.5 cm³/mol. The number of alkyl halides is 3. The summed E-state index contributed by atoms with van der Waals surface area (Å²) in [6, 6.07) is 0.932. The number of halogens is 3. The van der Waals surface area contributed by atoms with Crippen LogP contribution in [0.2, 0.25) is 0 Å². The van der Waals surface area contributed by atoms with Crippen molar-refractivity contribution in [3.63, 3.8) is 0 Å². The van der Waals surface area contributed by atoms with Crippen LogP contribution >= 0.6 is 0 Å². The highest BCUT2D eigenvalue weighted by molar-refractivity contribution is 5.82. The molecule has 0 amide bonds. The van der Waals surface area contributed by atoms with Crippen molar-refractivity contribution >= 4 is 5.78 Å². The molecular weight excluding hydrogens is 257 g/mol. The summed E-state index contributed by atoms with van der Waals surface area (Å²) in [7, 11) is 0. The first-order valence-electron chi connectivity index (χ1n) is 6.41. The smallest absolute Gasteiger partial charge is 0.300 e. The first kappa shape index (κ1) is 14.1. The van der Waals surface area contributed by atoms with Gasteiger partial charge in [-0.15, -0.1) is 0 Å². The molecule has 2 saturated carbocycles. The number of rotatable bonds is 1. The summed E-state index contributed by atoms with van der Waals surface area (Å²) >= 11 is 0. The van der Waals surface area contributed by atoms with Crippen molar-refractivity contribution in [2.24, 2.45) is 11.8 Å². The molecule has 3 nitrogen and oxygen atoms in total. The van der Waals surface area contributed by atoms with Crippen molar-refractivity contribution in [3.8, 4) is 0 Å². The van der Waals surface area contributed by atoms with E-state index in [4.69, 9.17) is 0 Å². The summed E-state index contributed by atoms with van der Waals surface area (Å²) < 4.78 is 37.2. The molecule has 19 heavy (non-hydrogen) atoms. The van der Waals surface area contributed by atoms with E-state index in [0.29, 0.717) is 5.78 Å². The number of fused-ring (bicyclic) bond motifs is 1. The van der Waals surface area contributed by atoms with E-state index in [2.05, 4.69) is 5.10 Å². The van der Waals surface area contributed by atoms with Gasteiger partial charge in [0.15, 0.2) is 5.69 Å². The normalized spacial score (nSPS) is 25.1. The summed E-state index contributed by atoms with van der Waals surface area (Å²) in [5.74, 6) is 2.18. The Bertz CT molecular complexity index is 453. The van der Waals surface area contributed by atoms with Gasteiger partial charge in [0.05, 0.1) is 0 Å². The lowest BCUT2D eigenvalue weighted by Gasteiger charge is -2.04. The molecule has 2 unspecified atom stereocenters. The number of Topliss-reactive ketones (excluding diaryl/α,β-unsaturated/α-hetero) is 1.